The van der Waals surface area contributed by atoms with Gasteiger partial charge in [0.2, 0.25) is 0 Å². The lowest BCUT2D eigenvalue weighted by molar-refractivity contribution is -0.219. The second-order valence-electron chi connectivity index (χ2n) is 11.3. The number of esters is 2. The summed E-state index contributed by atoms with van der Waals surface area (Å²) in [5, 5.41) is 0. The maximum Gasteiger partial charge on any atom is 0.335 e. The molecule has 1 heterocycles. The van der Waals surface area contributed by atoms with Gasteiger partial charge in [0.05, 0.1) is 24.2 Å². The van der Waals surface area contributed by atoms with E-state index in [9.17, 15) is 9.59 Å². The van der Waals surface area contributed by atoms with E-state index < -0.39 is 30.9 Å². The summed E-state index contributed by atoms with van der Waals surface area (Å²) in [6.45, 7) is 13.1. The molecule has 2 bridgehead atoms. The van der Waals surface area contributed by atoms with Crippen LogP contribution in [0.4, 0.5) is 0 Å². The van der Waals surface area contributed by atoms with Crippen molar-refractivity contribution >= 4 is 20.3 Å². The first-order valence-corrected chi connectivity index (χ1v) is 16.0. The molecule has 0 N–H and O–H groups in total. The third-order valence-corrected chi connectivity index (χ3v) is 8.58. The first-order chi connectivity index (χ1) is 16.4. The van der Waals surface area contributed by atoms with Crippen LogP contribution in [0.2, 0.25) is 19.6 Å². The summed E-state index contributed by atoms with van der Waals surface area (Å²) >= 11 is 0. The molecule has 35 heavy (non-hydrogen) atoms. The number of carbonyl (C=O) groups excluding carboxylic acids is 2. The minimum atomic E-state index is -1.98. The van der Waals surface area contributed by atoms with Gasteiger partial charge in [-0.3, -0.25) is 4.79 Å². The van der Waals surface area contributed by atoms with Crippen molar-refractivity contribution in [3.8, 4) is 0 Å². The molecule has 2 fully saturated rings. The highest BCUT2D eigenvalue weighted by molar-refractivity contribution is 6.69. The molecular formula is C27H42O7Si. The Labute approximate surface area is 211 Å². The molecule has 0 unspecified atom stereocenters. The standard InChI is InChI=1S/C27H42O7Si/c1-20-10-14-26-15-12-22(27(26,16-11-20)34-35(5,6)7)25(3,33-24(26)29)13-8-9-21(2)23(28)32-19-31-18-17-30-4/h8-10,13,22H,11-12,14-19H2,1-7H3/b13-8+,21-9+/t22-,25+,26+,27-/m0/s1. The predicted octanol–water partition coefficient (Wildman–Crippen LogP) is 5.09. The Morgan fingerprint density at radius 2 is 2.00 bits per heavy atom. The lowest BCUT2D eigenvalue weighted by Crippen LogP contribution is -2.67. The van der Waals surface area contributed by atoms with Gasteiger partial charge in [0, 0.05) is 18.6 Å². The summed E-state index contributed by atoms with van der Waals surface area (Å²) in [5.41, 5.74) is -0.241. The molecule has 0 radical (unpaired) electrons. The molecule has 0 amide bonds. The Bertz CT molecular complexity index is 902. The second kappa shape index (κ2) is 10.7. The van der Waals surface area contributed by atoms with Crippen molar-refractivity contribution in [1.82, 2.24) is 0 Å². The van der Waals surface area contributed by atoms with Gasteiger partial charge in [0.25, 0.3) is 0 Å². The maximum absolute atomic E-state index is 13.7. The van der Waals surface area contributed by atoms with Crippen LogP contribution < -0.4 is 0 Å². The van der Waals surface area contributed by atoms with E-state index in [1.165, 1.54) is 5.57 Å². The van der Waals surface area contributed by atoms with Crippen molar-refractivity contribution in [3.05, 3.63) is 35.5 Å². The zero-order valence-corrected chi connectivity index (χ0v) is 23.4. The van der Waals surface area contributed by atoms with E-state index in [2.05, 4.69) is 32.6 Å². The van der Waals surface area contributed by atoms with E-state index in [0.717, 1.165) is 25.7 Å². The number of cyclic esters (lactones) is 1. The van der Waals surface area contributed by atoms with Crippen molar-refractivity contribution in [1.29, 1.82) is 0 Å². The summed E-state index contributed by atoms with van der Waals surface area (Å²) in [6.07, 6.45) is 11.7. The number of ether oxygens (including phenoxy) is 4. The van der Waals surface area contributed by atoms with Crippen LogP contribution >= 0.6 is 0 Å². The monoisotopic (exact) mass is 506 g/mol. The third-order valence-electron chi connectivity index (χ3n) is 7.61. The van der Waals surface area contributed by atoms with E-state index in [1.807, 2.05) is 13.0 Å². The molecule has 0 spiro atoms. The van der Waals surface area contributed by atoms with Gasteiger partial charge in [-0.1, -0.05) is 23.8 Å². The van der Waals surface area contributed by atoms with Gasteiger partial charge in [-0.05, 0) is 78.6 Å². The molecule has 1 saturated heterocycles. The number of allylic oxidation sites excluding steroid dienone is 4. The van der Waals surface area contributed by atoms with Gasteiger partial charge < -0.3 is 23.4 Å². The molecule has 3 rings (SSSR count). The molecular weight excluding hydrogens is 464 g/mol. The van der Waals surface area contributed by atoms with Crippen LogP contribution in [0, 0.1) is 11.3 Å². The van der Waals surface area contributed by atoms with Gasteiger partial charge in [0.15, 0.2) is 15.1 Å². The highest BCUT2D eigenvalue weighted by atomic mass is 28.4. The predicted molar refractivity (Wildman–Crippen MR) is 136 cm³/mol. The number of carbonyl (C=O) groups is 2. The molecule has 0 aromatic heterocycles. The molecule has 1 aliphatic heterocycles. The van der Waals surface area contributed by atoms with Gasteiger partial charge in [0.1, 0.15) is 5.60 Å². The Hall–Kier alpha value is -1.74. The number of methoxy groups -OCH3 is 1. The molecule has 4 atom stereocenters. The van der Waals surface area contributed by atoms with Crippen molar-refractivity contribution in [2.45, 2.75) is 83.7 Å². The smallest absolute Gasteiger partial charge is 0.335 e. The molecule has 7 nitrogen and oxygen atoms in total. The second-order valence-corrected chi connectivity index (χ2v) is 15.7. The molecule has 0 aromatic carbocycles. The van der Waals surface area contributed by atoms with E-state index >= 15 is 0 Å². The van der Waals surface area contributed by atoms with Crippen LogP contribution in [-0.2, 0) is 33.0 Å². The molecule has 2 aliphatic carbocycles. The Balaban J connectivity index is 1.83. The topological polar surface area (TPSA) is 80.3 Å². The summed E-state index contributed by atoms with van der Waals surface area (Å²) in [5.74, 6) is -0.567. The number of hydrogen-bond donors (Lipinski definition) is 0. The summed E-state index contributed by atoms with van der Waals surface area (Å²) in [4.78, 5) is 25.9. The van der Waals surface area contributed by atoms with Gasteiger partial charge in [-0.25, -0.2) is 4.79 Å². The lowest BCUT2D eigenvalue weighted by Gasteiger charge is -2.57. The summed E-state index contributed by atoms with van der Waals surface area (Å²) in [7, 11) is -0.401. The maximum atomic E-state index is 13.7. The fraction of sp³-hybridized carbons (Fsp3) is 0.704. The zero-order chi connectivity index (χ0) is 25.9. The minimum absolute atomic E-state index is 0.0461. The van der Waals surface area contributed by atoms with Crippen LogP contribution in [0.1, 0.15) is 52.9 Å². The number of hydrogen-bond acceptors (Lipinski definition) is 7. The highest BCUT2D eigenvalue weighted by Gasteiger charge is 2.73. The third kappa shape index (κ3) is 5.66. The average Bonchev–Trinajstić information content (AvgIpc) is 2.94. The van der Waals surface area contributed by atoms with Crippen molar-refractivity contribution in [2.24, 2.45) is 11.3 Å². The summed E-state index contributed by atoms with van der Waals surface area (Å²) in [6, 6.07) is 0. The molecule has 8 heteroatoms. The van der Waals surface area contributed by atoms with Crippen molar-refractivity contribution in [3.63, 3.8) is 0 Å². The fourth-order valence-electron chi connectivity index (χ4n) is 5.95. The van der Waals surface area contributed by atoms with Crippen LogP contribution in [-0.4, -0.2) is 58.6 Å². The largest absolute Gasteiger partial charge is 0.454 e. The van der Waals surface area contributed by atoms with Crippen LogP contribution in [0.5, 0.6) is 0 Å². The van der Waals surface area contributed by atoms with Gasteiger partial charge in [-0.2, -0.15) is 0 Å². The van der Waals surface area contributed by atoms with Crippen molar-refractivity contribution in [2.75, 3.05) is 27.1 Å². The van der Waals surface area contributed by atoms with Crippen molar-refractivity contribution < 1.29 is 33.0 Å². The fourth-order valence-corrected chi connectivity index (χ4v) is 7.48. The van der Waals surface area contributed by atoms with Gasteiger partial charge >= 0.3 is 11.9 Å². The first-order valence-electron chi connectivity index (χ1n) is 12.6. The van der Waals surface area contributed by atoms with Crippen LogP contribution in [0.25, 0.3) is 0 Å². The number of rotatable bonds is 10. The van der Waals surface area contributed by atoms with Crippen LogP contribution in [0.3, 0.4) is 0 Å². The molecule has 196 valence electrons. The van der Waals surface area contributed by atoms with E-state index in [1.54, 1.807) is 26.2 Å². The van der Waals surface area contributed by atoms with E-state index in [4.69, 9.17) is 23.4 Å². The van der Waals surface area contributed by atoms with E-state index in [-0.39, 0.29) is 18.7 Å². The van der Waals surface area contributed by atoms with Crippen LogP contribution in [0.15, 0.2) is 35.5 Å². The van der Waals surface area contributed by atoms with Gasteiger partial charge in [-0.15, -0.1) is 0 Å². The normalized spacial score (nSPS) is 33.2. The molecule has 3 aliphatic rings. The Kier molecular flexibility index (Phi) is 8.51. The Morgan fingerprint density at radius 3 is 2.69 bits per heavy atom. The highest BCUT2D eigenvalue weighted by Crippen LogP contribution is 2.66. The molecule has 0 aromatic rings. The Morgan fingerprint density at radius 1 is 1.26 bits per heavy atom. The average molecular weight is 507 g/mol. The minimum Gasteiger partial charge on any atom is -0.454 e. The summed E-state index contributed by atoms with van der Waals surface area (Å²) < 4.78 is 28.4. The van der Waals surface area contributed by atoms with E-state index in [0.29, 0.717) is 25.2 Å². The SMILES string of the molecule is COCCOCOC(=O)/C(C)=C/C=C/[C@@]1(C)OC(=O)[C@]23CC=C(C)CC[C@]2(O[Si](C)(C)C)[C@H]1CC3. The zero-order valence-electron chi connectivity index (χ0n) is 22.4. The molecule has 1 saturated carbocycles. The quantitative estimate of drug-likeness (QED) is 0.0777. The first kappa shape index (κ1) is 27.8. The lowest BCUT2D eigenvalue weighted by atomic mass is 9.62.